The molecule has 1 N–H and O–H groups in total. The summed E-state index contributed by atoms with van der Waals surface area (Å²) in [7, 11) is 1.36. The van der Waals surface area contributed by atoms with Gasteiger partial charge in [-0.05, 0) is 40.8 Å². The molecular weight excluding hydrogens is 399 g/mol. The van der Waals surface area contributed by atoms with Crippen molar-refractivity contribution in [2.75, 3.05) is 12.4 Å². The number of thiazole rings is 1. The van der Waals surface area contributed by atoms with Crippen LogP contribution in [0.1, 0.15) is 5.69 Å². The van der Waals surface area contributed by atoms with Crippen LogP contribution in [-0.4, -0.2) is 18.1 Å². The quantitative estimate of drug-likeness (QED) is 0.616. The van der Waals surface area contributed by atoms with E-state index in [0.717, 1.165) is 9.26 Å². The summed E-state index contributed by atoms with van der Waals surface area (Å²) < 4.78 is 5.67. The van der Waals surface area contributed by atoms with Gasteiger partial charge < -0.3 is 10.1 Å². The molecule has 1 heterocycles. The Kier molecular flexibility index (Phi) is 5.00. The van der Waals surface area contributed by atoms with Crippen LogP contribution in [0.25, 0.3) is 0 Å². The number of benzene rings is 1. The molecule has 0 unspecified atom stereocenters. The Morgan fingerprint density at radius 1 is 1.58 bits per heavy atom. The third kappa shape index (κ3) is 4.05. The summed E-state index contributed by atoms with van der Waals surface area (Å²) >= 11 is 9.75. The standard InChI is InChI=1S/C12H10ClIN2O2S/c1-18-11(17)5-8-6-19-12(15-8)16-10-3-2-7(14)4-9(10)13/h2-4,6H,5H2,1H3,(H,15,16). The van der Waals surface area contributed by atoms with Crippen molar-refractivity contribution in [3.63, 3.8) is 0 Å². The molecule has 0 radical (unpaired) electrons. The Bertz CT molecular complexity index is 603. The molecule has 2 aromatic rings. The van der Waals surface area contributed by atoms with E-state index in [-0.39, 0.29) is 12.4 Å². The average Bonchev–Trinajstić information content (AvgIpc) is 2.80. The van der Waals surface area contributed by atoms with Gasteiger partial charge in [-0.1, -0.05) is 11.6 Å². The summed E-state index contributed by atoms with van der Waals surface area (Å²) in [4.78, 5) is 15.4. The highest BCUT2D eigenvalue weighted by atomic mass is 127. The first kappa shape index (κ1) is 14.5. The average molecular weight is 409 g/mol. The van der Waals surface area contributed by atoms with Crippen LogP contribution in [0, 0.1) is 3.57 Å². The summed E-state index contributed by atoms with van der Waals surface area (Å²) in [6.07, 6.45) is 0.176. The molecule has 1 aromatic carbocycles. The minimum atomic E-state index is -0.302. The summed E-state index contributed by atoms with van der Waals surface area (Å²) in [5, 5.41) is 6.28. The number of aromatic nitrogens is 1. The predicted octanol–water partition coefficient (Wildman–Crippen LogP) is 3.86. The van der Waals surface area contributed by atoms with E-state index < -0.39 is 0 Å². The zero-order valence-electron chi connectivity index (χ0n) is 9.94. The van der Waals surface area contributed by atoms with Gasteiger partial charge in [-0.15, -0.1) is 11.3 Å². The molecule has 0 saturated carbocycles. The van der Waals surface area contributed by atoms with Gasteiger partial charge in [-0.25, -0.2) is 4.98 Å². The molecule has 19 heavy (non-hydrogen) atoms. The Balaban J connectivity index is 2.09. The lowest BCUT2D eigenvalue weighted by Gasteiger charge is -2.05. The Morgan fingerprint density at radius 3 is 3.05 bits per heavy atom. The number of nitrogens with one attached hydrogen (secondary N) is 1. The Morgan fingerprint density at radius 2 is 2.37 bits per heavy atom. The van der Waals surface area contributed by atoms with Gasteiger partial charge in [0.2, 0.25) is 0 Å². The number of carbonyl (C=O) groups excluding carboxylic acids is 1. The lowest BCUT2D eigenvalue weighted by Crippen LogP contribution is -2.04. The number of esters is 1. The Labute approximate surface area is 133 Å². The topological polar surface area (TPSA) is 51.2 Å². The van der Waals surface area contributed by atoms with Gasteiger partial charge in [0.15, 0.2) is 5.13 Å². The number of methoxy groups -OCH3 is 1. The van der Waals surface area contributed by atoms with Crippen LogP contribution in [0.4, 0.5) is 10.8 Å². The molecule has 7 heteroatoms. The highest BCUT2D eigenvalue weighted by Crippen LogP contribution is 2.28. The smallest absolute Gasteiger partial charge is 0.311 e. The highest BCUT2D eigenvalue weighted by molar-refractivity contribution is 14.1. The van der Waals surface area contributed by atoms with Crippen LogP contribution < -0.4 is 5.32 Å². The van der Waals surface area contributed by atoms with Crippen LogP contribution in [0.5, 0.6) is 0 Å². The molecule has 0 aliphatic rings. The molecule has 1 aromatic heterocycles. The SMILES string of the molecule is COC(=O)Cc1csc(Nc2ccc(I)cc2Cl)n1. The van der Waals surface area contributed by atoms with Gasteiger partial charge in [-0.2, -0.15) is 0 Å². The number of hydrogen-bond donors (Lipinski definition) is 1. The van der Waals surface area contributed by atoms with Crippen molar-refractivity contribution in [2.45, 2.75) is 6.42 Å². The molecule has 0 spiro atoms. The fourth-order valence-corrected chi connectivity index (χ4v) is 3.00. The number of anilines is 2. The minimum Gasteiger partial charge on any atom is -0.469 e. The van der Waals surface area contributed by atoms with Crippen molar-refractivity contribution in [3.8, 4) is 0 Å². The van der Waals surface area contributed by atoms with E-state index in [2.05, 4.69) is 37.6 Å². The van der Waals surface area contributed by atoms with Gasteiger partial charge in [-0.3, -0.25) is 4.79 Å². The maximum Gasteiger partial charge on any atom is 0.311 e. The lowest BCUT2D eigenvalue weighted by atomic mass is 10.3. The first-order valence-corrected chi connectivity index (χ1v) is 7.65. The van der Waals surface area contributed by atoms with Crippen LogP contribution in [0.15, 0.2) is 23.6 Å². The van der Waals surface area contributed by atoms with Gasteiger partial charge in [0, 0.05) is 8.95 Å². The predicted molar refractivity (Wildman–Crippen MR) is 85.3 cm³/mol. The van der Waals surface area contributed by atoms with Gasteiger partial charge in [0.1, 0.15) is 0 Å². The number of carbonyl (C=O) groups is 1. The molecule has 0 fully saturated rings. The summed E-state index contributed by atoms with van der Waals surface area (Å²) in [5.74, 6) is -0.302. The van der Waals surface area contributed by atoms with Crippen molar-refractivity contribution >= 4 is 62.3 Å². The summed E-state index contributed by atoms with van der Waals surface area (Å²) in [6.45, 7) is 0. The monoisotopic (exact) mass is 408 g/mol. The lowest BCUT2D eigenvalue weighted by molar-refractivity contribution is -0.139. The molecule has 0 amide bonds. The van der Waals surface area contributed by atoms with E-state index >= 15 is 0 Å². The van der Waals surface area contributed by atoms with Crippen molar-refractivity contribution in [1.82, 2.24) is 4.98 Å². The molecule has 0 atom stereocenters. The number of ether oxygens (including phenoxy) is 1. The minimum absolute atomic E-state index is 0.176. The van der Waals surface area contributed by atoms with Crippen LogP contribution in [0.2, 0.25) is 5.02 Å². The van der Waals surface area contributed by atoms with Gasteiger partial charge in [0.25, 0.3) is 0 Å². The van der Waals surface area contributed by atoms with Gasteiger partial charge in [0.05, 0.1) is 29.9 Å². The second kappa shape index (κ2) is 6.53. The molecule has 4 nitrogen and oxygen atoms in total. The second-order valence-electron chi connectivity index (χ2n) is 3.65. The number of rotatable bonds is 4. The zero-order chi connectivity index (χ0) is 13.8. The molecule has 100 valence electrons. The first-order valence-electron chi connectivity index (χ1n) is 5.32. The highest BCUT2D eigenvalue weighted by Gasteiger charge is 2.09. The third-order valence-corrected chi connectivity index (χ3v) is 4.07. The largest absolute Gasteiger partial charge is 0.469 e. The molecule has 2 rings (SSSR count). The van der Waals surface area contributed by atoms with E-state index in [4.69, 9.17) is 11.6 Å². The van der Waals surface area contributed by atoms with Crippen LogP contribution in [-0.2, 0) is 16.0 Å². The zero-order valence-corrected chi connectivity index (χ0v) is 13.7. The van der Waals surface area contributed by atoms with Gasteiger partial charge >= 0.3 is 5.97 Å². The van der Waals surface area contributed by atoms with Crippen molar-refractivity contribution in [1.29, 1.82) is 0 Å². The molecular formula is C12H10ClIN2O2S. The normalized spacial score (nSPS) is 10.3. The number of halogens is 2. The summed E-state index contributed by atoms with van der Waals surface area (Å²) in [6, 6.07) is 5.72. The van der Waals surface area contributed by atoms with E-state index in [9.17, 15) is 4.79 Å². The maximum atomic E-state index is 11.1. The number of hydrogen-bond acceptors (Lipinski definition) is 5. The van der Waals surface area contributed by atoms with Crippen LogP contribution >= 0.6 is 45.5 Å². The summed E-state index contributed by atoms with van der Waals surface area (Å²) in [5.41, 5.74) is 1.47. The molecule has 0 aliphatic heterocycles. The van der Waals surface area contributed by atoms with Crippen molar-refractivity contribution in [2.24, 2.45) is 0 Å². The van der Waals surface area contributed by atoms with E-state index in [0.29, 0.717) is 15.8 Å². The van der Waals surface area contributed by atoms with Crippen molar-refractivity contribution < 1.29 is 9.53 Å². The first-order chi connectivity index (χ1) is 9.08. The fraction of sp³-hybridized carbons (Fsp3) is 0.167. The van der Waals surface area contributed by atoms with E-state index in [1.807, 2.05) is 23.6 Å². The maximum absolute atomic E-state index is 11.1. The molecule has 0 bridgehead atoms. The van der Waals surface area contributed by atoms with E-state index in [1.54, 1.807) is 0 Å². The third-order valence-electron chi connectivity index (χ3n) is 2.28. The molecule has 0 aliphatic carbocycles. The fourth-order valence-electron chi connectivity index (χ4n) is 1.37. The molecule has 0 saturated heterocycles. The Hall–Kier alpha value is -0.860. The van der Waals surface area contributed by atoms with E-state index in [1.165, 1.54) is 18.4 Å². The van der Waals surface area contributed by atoms with Crippen LogP contribution in [0.3, 0.4) is 0 Å². The second-order valence-corrected chi connectivity index (χ2v) is 6.16. The number of nitrogens with zero attached hydrogens (tertiary/aromatic N) is 1. The van der Waals surface area contributed by atoms with Crippen molar-refractivity contribution in [3.05, 3.63) is 37.9 Å².